The molecule has 3 aromatic rings. The molecule has 2 aliphatic rings. The molecule has 31 heavy (non-hydrogen) atoms. The average Bonchev–Trinajstić information content (AvgIpc) is 3.45. The molecule has 6 heteroatoms. The third kappa shape index (κ3) is 3.92. The first kappa shape index (κ1) is 20.1. The van der Waals surface area contributed by atoms with E-state index < -0.39 is 0 Å². The molecule has 0 spiro atoms. The topological polar surface area (TPSA) is 42.3 Å². The maximum atomic E-state index is 5.82. The lowest BCUT2D eigenvalue weighted by Gasteiger charge is -2.28. The zero-order valence-electron chi connectivity index (χ0n) is 17.8. The van der Waals surface area contributed by atoms with Crippen LogP contribution in [0.2, 0.25) is 0 Å². The van der Waals surface area contributed by atoms with Crippen LogP contribution in [-0.4, -0.2) is 21.8 Å². The van der Waals surface area contributed by atoms with E-state index in [0.29, 0.717) is 6.04 Å². The van der Waals surface area contributed by atoms with Crippen LogP contribution in [0.5, 0.6) is 5.75 Å². The summed E-state index contributed by atoms with van der Waals surface area (Å²) in [6, 6.07) is 17.0. The first-order valence-corrected chi connectivity index (χ1v) is 11.5. The van der Waals surface area contributed by atoms with Crippen molar-refractivity contribution in [2.24, 2.45) is 0 Å². The van der Waals surface area contributed by atoms with Crippen LogP contribution in [0.3, 0.4) is 0 Å². The first-order chi connectivity index (χ1) is 15.2. The van der Waals surface area contributed by atoms with E-state index >= 15 is 0 Å². The van der Waals surface area contributed by atoms with Gasteiger partial charge in [-0.2, -0.15) is 0 Å². The van der Waals surface area contributed by atoms with Gasteiger partial charge < -0.3 is 19.5 Å². The Morgan fingerprint density at radius 2 is 1.84 bits per heavy atom. The fourth-order valence-corrected chi connectivity index (χ4v) is 5.27. The molecule has 160 valence electrons. The third-order valence-electron chi connectivity index (χ3n) is 6.52. The van der Waals surface area contributed by atoms with Crippen molar-refractivity contribution in [3.05, 3.63) is 78.4 Å². The second-order valence-electron chi connectivity index (χ2n) is 8.38. The van der Waals surface area contributed by atoms with Crippen LogP contribution in [0.4, 0.5) is 5.69 Å². The van der Waals surface area contributed by atoms with Crippen molar-refractivity contribution < 1.29 is 4.74 Å². The fourth-order valence-electron chi connectivity index (χ4n) is 4.93. The normalized spacial score (nSPS) is 21.8. The Morgan fingerprint density at radius 3 is 2.55 bits per heavy atom. The van der Waals surface area contributed by atoms with Crippen molar-refractivity contribution in [3.63, 3.8) is 0 Å². The van der Waals surface area contributed by atoms with Gasteiger partial charge in [-0.15, -0.1) is 0 Å². The van der Waals surface area contributed by atoms with Gasteiger partial charge in [0.1, 0.15) is 5.75 Å². The Labute approximate surface area is 189 Å². The first-order valence-electron chi connectivity index (χ1n) is 11.1. The minimum absolute atomic E-state index is 0.0157. The van der Waals surface area contributed by atoms with E-state index in [1.807, 2.05) is 30.5 Å². The second kappa shape index (κ2) is 8.71. The fraction of sp³-hybridized carbons (Fsp3) is 0.360. The Morgan fingerprint density at radius 1 is 1.03 bits per heavy atom. The van der Waals surface area contributed by atoms with Gasteiger partial charge in [-0.25, -0.2) is 0 Å². The molecule has 0 amide bonds. The van der Waals surface area contributed by atoms with Gasteiger partial charge in [0.2, 0.25) is 0 Å². The summed E-state index contributed by atoms with van der Waals surface area (Å²) in [5.74, 6) is 0.836. The zero-order valence-corrected chi connectivity index (χ0v) is 18.6. The van der Waals surface area contributed by atoms with Gasteiger partial charge in [-0.1, -0.05) is 25.3 Å². The van der Waals surface area contributed by atoms with Crippen LogP contribution in [0.25, 0.3) is 0 Å². The highest BCUT2D eigenvalue weighted by Gasteiger charge is 2.41. The lowest BCUT2D eigenvalue weighted by molar-refractivity contribution is 0.353. The number of ether oxygens (including phenoxy) is 1. The number of aromatic nitrogens is 2. The largest absolute Gasteiger partial charge is 0.497 e. The van der Waals surface area contributed by atoms with E-state index in [4.69, 9.17) is 17.0 Å². The molecule has 5 rings (SSSR count). The second-order valence-corrected chi connectivity index (χ2v) is 8.77. The van der Waals surface area contributed by atoms with Crippen molar-refractivity contribution in [2.45, 2.75) is 50.2 Å². The van der Waals surface area contributed by atoms with Crippen molar-refractivity contribution in [1.82, 2.24) is 14.9 Å². The van der Waals surface area contributed by atoms with E-state index in [2.05, 4.69) is 56.4 Å². The highest BCUT2D eigenvalue weighted by molar-refractivity contribution is 7.80. The van der Waals surface area contributed by atoms with E-state index in [9.17, 15) is 0 Å². The van der Waals surface area contributed by atoms with Crippen LogP contribution >= 0.6 is 12.2 Å². The van der Waals surface area contributed by atoms with E-state index in [0.717, 1.165) is 22.2 Å². The minimum Gasteiger partial charge on any atom is -0.497 e. The lowest BCUT2D eigenvalue weighted by atomic mass is 9.95. The maximum absolute atomic E-state index is 5.82. The summed E-state index contributed by atoms with van der Waals surface area (Å²) >= 11 is 5.82. The lowest BCUT2D eigenvalue weighted by Crippen LogP contribution is -2.29. The van der Waals surface area contributed by atoms with Gasteiger partial charge in [0.15, 0.2) is 5.11 Å². The molecule has 0 bridgehead atoms. The number of methoxy groups -OCH3 is 1. The molecule has 0 unspecified atom stereocenters. The van der Waals surface area contributed by atoms with Crippen LogP contribution < -0.4 is 15.0 Å². The van der Waals surface area contributed by atoms with Gasteiger partial charge in [0.05, 0.1) is 24.9 Å². The summed E-state index contributed by atoms with van der Waals surface area (Å²) in [6.45, 7) is 0. The number of hydrogen-bond donors (Lipinski definition) is 1. The van der Waals surface area contributed by atoms with E-state index in [1.54, 1.807) is 7.11 Å². The third-order valence-corrected chi connectivity index (χ3v) is 6.84. The molecule has 1 aliphatic heterocycles. The van der Waals surface area contributed by atoms with Crippen LogP contribution in [-0.2, 0) is 0 Å². The SMILES string of the molecule is COc1ccc(N2C(=S)N[C@H](c3ccccn3)[C@@H]2c2ccn(C3CCCCC3)c2)cc1. The van der Waals surface area contributed by atoms with Crippen LogP contribution in [0.15, 0.2) is 67.1 Å². The summed E-state index contributed by atoms with van der Waals surface area (Å²) < 4.78 is 7.76. The van der Waals surface area contributed by atoms with E-state index in [1.165, 1.54) is 37.7 Å². The van der Waals surface area contributed by atoms with Gasteiger partial charge in [0.25, 0.3) is 0 Å². The molecule has 1 saturated heterocycles. The molecule has 5 nitrogen and oxygen atoms in total. The van der Waals surface area contributed by atoms with Crippen molar-refractivity contribution >= 4 is 23.0 Å². The molecule has 0 radical (unpaired) electrons. The maximum Gasteiger partial charge on any atom is 0.174 e. The Bertz CT molecular complexity index is 1030. The average molecular weight is 433 g/mol. The standard InChI is InChI=1S/C25H28N4OS/c1-30-21-12-10-20(11-13-21)29-24(23(27-25(29)31)22-9-5-6-15-26-22)18-14-16-28(17-18)19-7-3-2-4-8-19/h5-6,9-17,19,23-24H,2-4,7-8H2,1H3,(H,27,31)/t23-,24+/m1/s1. The molecule has 1 saturated carbocycles. The summed E-state index contributed by atoms with van der Waals surface area (Å²) in [5, 5.41) is 4.26. The monoisotopic (exact) mass is 432 g/mol. The minimum atomic E-state index is -0.0157. The van der Waals surface area contributed by atoms with Gasteiger partial charge in [0, 0.05) is 30.3 Å². The van der Waals surface area contributed by atoms with E-state index in [-0.39, 0.29) is 12.1 Å². The Balaban J connectivity index is 1.53. The molecule has 3 heterocycles. The number of anilines is 1. The zero-order chi connectivity index (χ0) is 21.2. The number of nitrogens with one attached hydrogen (secondary N) is 1. The summed E-state index contributed by atoms with van der Waals surface area (Å²) in [6.07, 6.45) is 12.9. The Hall–Kier alpha value is -2.86. The van der Waals surface area contributed by atoms with Crippen molar-refractivity contribution in [3.8, 4) is 5.75 Å². The van der Waals surface area contributed by atoms with Gasteiger partial charge >= 0.3 is 0 Å². The number of pyridine rings is 1. The molecule has 1 aliphatic carbocycles. The number of rotatable bonds is 5. The summed E-state index contributed by atoms with van der Waals surface area (Å²) in [7, 11) is 1.69. The molecule has 1 N–H and O–H groups in total. The van der Waals surface area contributed by atoms with Crippen LogP contribution in [0, 0.1) is 0 Å². The van der Waals surface area contributed by atoms with Crippen LogP contribution in [0.1, 0.15) is 61.5 Å². The molecule has 2 atom stereocenters. The van der Waals surface area contributed by atoms with Crippen molar-refractivity contribution in [2.75, 3.05) is 12.0 Å². The number of benzene rings is 1. The Kier molecular flexibility index (Phi) is 5.64. The highest BCUT2D eigenvalue weighted by atomic mass is 32.1. The quantitative estimate of drug-likeness (QED) is 0.534. The smallest absolute Gasteiger partial charge is 0.174 e. The van der Waals surface area contributed by atoms with Gasteiger partial charge in [-0.05, 0) is 73.1 Å². The predicted octanol–water partition coefficient (Wildman–Crippen LogP) is 5.57. The number of hydrogen-bond acceptors (Lipinski definition) is 3. The molecular weight excluding hydrogens is 404 g/mol. The molecule has 2 fully saturated rings. The molecular formula is C25H28N4OS. The molecule has 1 aromatic carbocycles. The summed E-state index contributed by atoms with van der Waals surface area (Å²) in [4.78, 5) is 6.86. The highest BCUT2D eigenvalue weighted by Crippen LogP contribution is 2.42. The molecule has 2 aromatic heterocycles. The number of thiocarbonyl (C=S) groups is 1. The number of nitrogens with zero attached hydrogens (tertiary/aromatic N) is 3. The summed E-state index contributed by atoms with van der Waals surface area (Å²) in [5.41, 5.74) is 3.30. The van der Waals surface area contributed by atoms with Crippen molar-refractivity contribution in [1.29, 1.82) is 0 Å². The predicted molar refractivity (Wildman–Crippen MR) is 127 cm³/mol. The van der Waals surface area contributed by atoms with Gasteiger partial charge in [-0.3, -0.25) is 4.98 Å².